The number of methoxy groups -OCH3 is 1. The summed E-state index contributed by atoms with van der Waals surface area (Å²) in [7, 11) is 1.76. The molecule has 0 aliphatic carbocycles. The molecule has 0 amide bonds. The van der Waals surface area contributed by atoms with Crippen LogP contribution in [0.1, 0.15) is 30.9 Å². The van der Waals surface area contributed by atoms with E-state index < -0.39 is 0 Å². The van der Waals surface area contributed by atoms with Crippen LogP contribution in [0.4, 0.5) is 0 Å². The number of hydrogen-bond donors (Lipinski definition) is 1. The van der Waals surface area contributed by atoms with Gasteiger partial charge in [0.25, 0.3) is 0 Å². The Morgan fingerprint density at radius 1 is 1.18 bits per heavy atom. The van der Waals surface area contributed by atoms with Crippen molar-refractivity contribution in [1.82, 2.24) is 10.4 Å². The second-order valence-corrected chi connectivity index (χ2v) is 4.60. The highest BCUT2D eigenvalue weighted by Gasteiger charge is 2.16. The highest BCUT2D eigenvalue weighted by atomic mass is 16.5. The Morgan fingerprint density at radius 2 is 1.88 bits per heavy atom. The van der Waals surface area contributed by atoms with Crippen LogP contribution in [-0.2, 0) is 4.74 Å². The maximum absolute atomic E-state index is 5.31. The number of ether oxygens (including phenoxy) is 1. The van der Waals surface area contributed by atoms with Crippen molar-refractivity contribution in [1.29, 1.82) is 0 Å². The first-order chi connectivity index (χ1) is 8.40. The molecule has 1 atom stereocenters. The van der Waals surface area contributed by atoms with Crippen LogP contribution in [0.2, 0.25) is 0 Å². The van der Waals surface area contributed by atoms with Gasteiger partial charge in [0.2, 0.25) is 0 Å². The Hall–Kier alpha value is -0.900. The van der Waals surface area contributed by atoms with E-state index in [2.05, 4.69) is 34.7 Å². The predicted molar refractivity (Wildman–Crippen MR) is 69.6 cm³/mol. The van der Waals surface area contributed by atoms with Crippen molar-refractivity contribution in [3.05, 3.63) is 35.9 Å². The predicted octanol–water partition coefficient (Wildman–Crippen LogP) is 2.36. The smallest absolute Gasteiger partial charge is 0.0698 e. The van der Waals surface area contributed by atoms with Crippen LogP contribution in [-0.4, -0.2) is 31.8 Å². The first-order valence-corrected chi connectivity index (χ1v) is 6.45. The Balaban J connectivity index is 1.96. The zero-order chi connectivity index (χ0) is 11.9. The lowest BCUT2D eigenvalue weighted by atomic mass is 10.1. The topological polar surface area (TPSA) is 24.5 Å². The van der Waals surface area contributed by atoms with Gasteiger partial charge in [0.1, 0.15) is 0 Å². The summed E-state index contributed by atoms with van der Waals surface area (Å²) in [6, 6.07) is 10.8. The Bertz CT molecular complexity index is 309. The quantitative estimate of drug-likeness (QED) is 0.846. The molecular formula is C14H22N2O. The van der Waals surface area contributed by atoms with Crippen molar-refractivity contribution >= 4 is 0 Å². The van der Waals surface area contributed by atoms with E-state index in [4.69, 9.17) is 4.74 Å². The van der Waals surface area contributed by atoms with Crippen LogP contribution < -0.4 is 5.43 Å². The van der Waals surface area contributed by atoms with Gasteiger partial charge in [-0.1, -0.05) is 36.8 Å². The minimum atomic E-state index is 0.263. The van der Waals surface area contributed by atoms with Crippen molar-refractivity contribution in [3.63, 3.8) is 0 Å². The van der Waals surface area contributed by atoms with Gasteiger partial charge in [0.05, 0.1) is 12.6 Å². The van der Waals surface area contributed by atoms with Crippen molar-refractivity contribution in [2.75, 3.05) is 26.8 Å². The first kappa shape index (κ1) is 12.6. The fraction of sp³-hybridized carbons (Fsp3) is 0.571. The van der Waals surface area contributed by atoms with Gasteiger partial charge in [0.15, 0.2) is 0 Å². The molecule has 1 saturated heterocycles. The Morgan fingerprint density at radius 3 is 2.53 bits per heavy atom. The Labute approximate surface area is 104 Å². The third kappa shape index (κ3) is 3.80. The molecule has 0 saturated carbocycles. The zero-order valence-corrected chi connectivity index (χ0v) is 10.6. The van der Waals surface area contributed by atoms with Crippen LogP contribution in [0, 0.1) is 0 Å². The summed E-state index contributed by atoms with van der Waals surface area (Å²) in [5, 5.41) is 2.33. The molecule has 1 aliphatic heterocycles. The number of benzene rings is 1. The third-order valence-electron chi connectivity index (χ3n) is 3.23. The molecule has 0 aromatic heterocycles. The number of rotatable bonds is 5. The molecule has 1 heterocycles. The van der Waals surface area contributed by atoms with Crippen LogP contribution >= 0.6 is 0 Å². The molecule has 1 N–H and O–H groups in total. The average Bonchev–Trinajstić information content (AvgIpc) is 2.40. The second kappa shape index (κ2) is 6.74. The van der Waals surface area contributed by atoms with E-state index >= 15 is 0 Å². The number of piperidine rings is 1. The number of nitrogens with one attached hydrogen (secondary N) is 1. The molecule has 1 fully saturated rings. The van der Waals surface area contributed by atoms with Gasteiger partial charge in [-0.25, -0.2) is 10.4 Å². The normalized spacial score (nSPS) is 19.1. The molecule has 94 valence electrons. The lowest BCUT2D eigenvalue weighted by Gasteiger charge is -2.31. The summed E-state index contributed by atoms with van der Waals surface area (Å²) < 4.78 is 5.31. The molecule has 2 rings (SSSR count). The molecule has 1 aromatic carbocycles. The van der Waals surface area contributed by atoms with Crippen LogP contribution in [0.15, 0.2) is 30.3 Å². The standard InChI is InChI=1S/C14H22N2O/c1-17-12-14(13-8-4-2-5-9-13)15-16-10-6-3-7-11-16/h2,4-5,8-9,14-15H,3,6-7,10-12H2,1H3. The van der Waals surface area contributed by atoms with Crippen molar-refractivity contribution in [2.45, 2.75) is 25.3 Å². The number of hydrogen-bond acceptors (Lipinski definition) is 3. The molecule has 1 aromatic rings. The monoisotopic (exact) mass is 234 g/mol. The highest BCUT2D eigenvalue weighted by Crippen LogP contribution is 2.15. The molecule has 0 radical (unpaired) electrons. The molecular weight excluding hydrogens is 212 g/mol. The molecule has 0 bridgehead atoms. The van der Waals surface area contributed by atoms with Gasteiger partial charge in [-0.2, -0.15) is 0 Å². The molecule has 1 unspecified atom stereocenters. The van der Waals surface area contributed by atoms with Crippen LogP contribution in [0.25, 0.3) is 0 Å². The maximum Gasteiger partial charge on any atom is 0.0698 e. The van der Waals surface area contributed by atoms with E-state index in [1.807, 2.05) is 6.07 Å². The summed E-state index contributed by atoms with van der Waals surface area (Å²) >= 11 is 0. The molecule has 3 nitrogen and oxygen atoms in total. The minimum absolute atomic E-state index is 0.263. The van der Waals surface area contributed by atoms with E-state index in [1.54, 1.807) is 7.11 Å². The molecule has 3 heteroatoms. The van der Waals surface area contributed by atoms with Gasteiger partial charge >= 0.3 is 0 Å². The fourth-order valence-electron chi connectivity index (χ4n) is 2.30. The van der Waals surface area contributed by atoms with Gasteiger partial charge in [-0.05, 0) is 18.4 Å². The summed E-state index contributed by atoms with van der Waals surface area (Å²) in [6.45, 7) is 3.00. The fourth-order valence-corrected chi connectivity index (χ4v) is 2.30. The molecule has 1 aliphatic rings. The second-order valence-electron chi connectivity index (χ2n) is 4.60. The summed E-state index contributed by atoms with van der Waals surface area (Å²) in [4.78, 5) is 0. The highest BCUT2D eigenvalue weighted by molar-refractivity contribution is 5.18. The largest absolute Gasteiger partial charge is 0.383 e. The minimum Gasteiger partial charge on any atom is -0.383 e. The van der Waals surface area contributed by atoms with Gasteiger partial charge < -0.3 is 4.74 Å². The van der Waals surface area contributed by atoms with Crippen molar-refractivity contribution in [3.8, 4) is 0 Å². The zero-order valence-electron chi connectivity index (χ0n) is 10.6. The van der Waals surface area contributed by atoms with Gasteiger partial charge in [0, 0.05) is 20.2 Å². The lowest BCUT2D eigenvalue weighted by molar-refractivity contribution is 0.0830. The van der Waals surface area contributed by atoms with E-state index in [0.717, 1.165) is 13.1 Å². The number of hydrazine groups is 1. The van der Waals surface area contributed by atoms with Crippen molar-refractivity contribution in [2.24, 2.45) is 0 Å². The van der Waals surface area contributed by atoms with Gasteiger partial charge in [-0.15, -0.1) is 0 Å². The van der Waals surface area contributed by atoms with E-state index in [9.17, 15) is 0 Å². The summed E-state index contributed by atoms with van der Waals surface area (Å²) in [5.41, 5.74) is 4.87. The Kier molecular flexibility index (Phi) is 4.98. The molecule has 0 spiro atoms. The summed E-state index contributed by atoms with van der Waals surface area (Å²) in [5.74, 6) is 0. The first-order valence-electron chi connectivity index (χ1n) is 6.45. The van der Waals surface area contributed by atoms with Crippen molar-refractivity contribution < 1.29 is 4.74 Å². The lowest BCUT2D eigenvalue weighted by Crippen LogP contribution is -2.44. The average molecular weight is 234 g/mol. The molecule has 17 heavy (non-hydrogen) atoms. The SMILES string of the molecule is COCC(NN1CCCCC1)c1ccccc1. The number of nitrogens with zero attached hydrogens (tertiary/aromatic N) is 1. The third-order valence-corrected chi connectivity index (χ3v) is 3.23. The van der Waals surface area contributed by atoms with Crippen LogP contribution in [0.3, 0.4) is 0 Å². The maximum atomic E-state index is 5.31. The van der Waals surface area contributed by atoms with E-state index in [0.29, 0.717) is 6.61 Å². The van der Waals surface area contributed by atoms with Gasteiger partial charge in [-0.3, -0.25) is 0 Å². The van der Waals surface area contributed by atoms with E-state index in [1.165, 1.54) is 24.8 Å². The van der Waals surface area contributed by atoms with Crippen LogP contribution in [0.5, 0.6) is 0 Å². The summed E-state index contributed by atoms with van der Waals surface area (Å²) in [6.07, 6.45) is 3.95. The van der Waals surface area contributed by atoms with E-state index in [-0.39, 0.29) is 6.04 Å².